The number of hydrogen-bond acceptors (Lipinski definition) is 5. The van der Waals surface area contributed by atoms with Crippen molar-refractivity contribution in [3.05, 3.63) is 35.2 Å². The summed E-state index contributed by atoms with van der Waals surface area (Å²) in [7, 11) is 1.57. The second kappa shape index (κ2) is 4.19. The highest BCUT2D eigenvalue weighted by molar-refractivity contribution is 5.60. The normalized spacial score (nSPS) is 10.4. The standard InChI is InChI=1S/C10H10N2O4/c1-15-8-4-2-7(3-5-8)10-9(6-13)12(14)16-11-10/h2-5,13H,6H2,1H3. The predicted molar refractivity (Wildman–Crippen MR) is 53.4 cm³/mol. The summed E-state index contributed by atoms with van der Waals surface area (Å²) >= 11 is 0. The van der Waals surface area contributed by atoms with E-state index < -0.39 is 6.61 Å². The van der Waals surface area contributed by atoms with Crippen LogP contribution < -0.4 is 9.64 Å². The second-order valence-electron chi connectivity index (χ2n) is 3.11. The summed E-state index contributed by atoms with van der Waals surface area (Å²) in [5.74, 6) is 0.702. The lowest BCUT2D eigenvalue weighted by atomic mass is 10.1. The number of hydrogen-bond donors (Lipinski definition) is 1. The van der Waals surface area contributed by atoms with E-state index >= 15 is 0 Å². The van der Waals surface area contributed by atoms with Gasteiger partial charge in [0.15, 0.2) is 0 Å². The van der Waals surface area contributed by atoms with Gasteiger partial charge in [-0.3, -0.25) is 4.63 Å². The Morgan fingerprint density at radius 1 is 1.44 bits per heavy atom. The lowest BCUT2D eigenvalue weighted by Gasteiger charge is -1.99. The molecule has 0 saturated heterocycles. The van der Waals surface area contributed by atoms with Gasteiger partial charge in [0.05, 0.1) is 7.11 Å². The number of aliphatic hydroxyl groups is 1. The number of aromatic nitrogens is 2. The van der Waals surface area contributed by atoms with Crippen LogP contribution in [0.1, 0.15) is 5.69 Å². The molecule has 1 heterocycles. The molecule has 1 N–H and O–H groups in total. The lowest BCUT2D eigenvalue weighted by Crippen LogP contribution is -2.28. The Kier molecular flexibility index (Phi) is 2.74. The van der Waals surface area contributed by atoms with Gasteiger partial charge in [0.1, 0.15) is 12.4 Å². The van der Waals surface area contributed by atoms with Crippen molar-refractivity contribution in [2.75, 3.05) is 7.11 Å². The molecule has 2 rings (SSSR count). The SMILES string of the molecule is COc1ccc(-c2no[n+]([O-])c2CO)cc1. The topological polar surface area (TPSA) is 82.4 Å². The first-order valence-electron chi connectivity index (χ1n) is 4.60. The molecule has 0 saturated carbocycles. The molecular formula is C10H10N2O4. The van der Waals surface area contributed by atoms with E-state index in [1.54, 1.807) is 31.4 Å². The number of benzene rings is 1. The zero-order valence-electron chi connectivity index (χ0n) is 8.58. The van der Waals surface area contributed by atoms with Gasteiger partial charge in [0, 0.05) is 10.7 Å². The zero-order valence-corrected chi connectivity index (χ0v) is 8.58. The third kappa shape index (κ3) is 1.70. The molecule has 0 bridgehead atoms. The van der Waals surface area contributed by atoms with E-state index in [-0.39, 0.29) is 10.6 Å². The molecule has 6 nitrogen and oxygen atoms in total. The van der Waals surface area contributed by atoms with Crippen LogP contribution in [-0.2, 0) is 6.61 Å². The van der Waals surface area contributed by atoms with Gasteiger partial charge in [0.2, 0.25) is 5.69 Å². The van der Waals surface area contributed by atoms with Crippen molar-refractivity contribution in [1.29, 1.82) is 0 Å². The molecule has 0 atom stereocenters. The van der Waals surface area contributed by atoms with Crippen LogP contribution in [0.2, 0.25) is 0 Å². The van der Waals surface area contributed by atoms with Crippen molar-refractivity contribution in [2.45, 2.75) is 6.61 Å². The number of ether oxygens (including phenoxy) is 1. The summed E-state index contributed by atoms with van der Waals surface area (Å²) in [4.78, 5) is 0.194. The fourth-order valence-electron chi connectivity index (χ4n) is 1.37. The van der Waals surface area contributed by atoms with Crippen LogP contribution in [-0.4, -0.2) is 17.4 Å². The second-order valence-corrected chi connectivity index (χ2v) is 3.11. The maximum absolute atomic E-state index is 11.1. The van der Waals surface area contributed by atoms with Gasteiger partial charge in [-0.1, -0.05) is 0 Å². The molecule has 0 aliphatic rings. The van der Waals surface area contributed by atoms with Crippen LogP contribution in [0.25, 0.3) is 11.3 Å². The predicted octanol–water partition coefficient (Wildman–Crippen LogP) is 0.476. The van der Waals surface area contributed by atoms with Crippen LogP contribution in [0, 0.1) is 5.21 Å². The van der Waals surface area contributed by atoms with Crippen molar-refractivity contribution in [2.24, 2.45) is 0 Å². The molecule has 0 fully saturated rings. The van der Waals surface area contributed by atoms with Crippen molar-refractivity contribution >= 4 is 0 Å². The Morgan fingerprint density at radius 2 is 2.12 bits per heavy atom. The van der Waals surface area contributed by atoms with E-state index in [1.807, 2.05) is 0 Å². The van der Waals surface area contributed by atoms with Crippen LogP contribution in [0.4, 0.5) is 0 Å². The minimum atomic E-state index is -0.422. The fraction of sp³-hybridized carbons (Fsp3) is 0.200. The van der Waals surface area contributed by atoms with Crippen molar-refractivity contribution in [1.82, 2.24) is 5.16 Å². The Morgan fingerprint density at radius 3 is 2.69 bits per heavy atom. The molecule has 1 aromatic heterocycles. The van der Waals surface area contributed by atoms with Crippen molar-refractivity contribution < 1.29 is 19.4 Å². The number of methoxy groups -OCH3 is 1. The summed E-state index contributed by atoms with van der Waals surface area (Å²) in [6, 6.07) is 6.94. The van der Waals surface area contributed by atoms with Gasteiger partial charge in [-0.15, -0.1) is 0 Å². The van der Waals surface area contributed by atoms with E-state index in [4.69, 9.17) is 9.84 Å². The molecule has 84 valence electrons. The molecule has 1 aromatic carbocycles. The number of aliphatic hydroxyl groups excluding tert-OH is 1. The van der Waals surface area contributed by atoms with Crippen LogP contribution >= 0.6 is 0 Å². The maximum Gasteiger partial charge on any atom is 0.253 e. The molecule has 0 unspecified atom stereocenters. The minimum absolute atomic E-state index is 0.0881. The quantitative estimate of drug-likeness (QED) is 0.763. The van der Waals surface area contributed by atoms with E-state index in [0.29, 0.717) is 17.0 Å². The molecule has 16 heavy (non-hydrogen) atoms. The number of nitrogens with zero attached hydrogens (tertiary/aromatic N) is 2. The summed E-state index contributed by atoms with van der Waals surface area (Å²) in [6.07, 6.45) is 0. The first-order valence-corrected chi connectivity index (χ1v) is 4.60. The van der Waals surface area contributed by atoms with E-state index in [2.05, 4.69) is 9.79 Å². The average molecular weight is 222 g/mol. The summed E-state index contributed by atoms with van der Waals surface area (Å²) < 4.78 is 9.42. The van der Waals surface area contributed by atoms with Gasteiger partial charge >= 0.3 is 0 Å². The van der Waals surface area contributed by atoms with E-state index in [9.17, 15) is 5.21 Å². The maximum atomic E-state index is 11.1. The smallest absolute Gasteiger partial charge is 0.253 e. The first kappa shape index (κ1) is 10.4. The third-order valence-corrected chi connectivity index (χ3v) is 2.21. The van der Waals surface area contributed by atoms with Crippen molar-refractivity contribution in [3.8, 4) is 17.0 Å². The van der Waals surface area contributed by atoms with E-state index in [0.717, 1.165) is 0 Å². The molecule has 6 heteroatoms. The highest BCUT2D eigenvalue weighted by atomic mass is 16.8. The molecule has 0 radical (unpaired) electrons. The summed E-state index contributed by atoms with van der Waals surface area (Å²) in [6.45, 7) is -0.422. The van der Waals surface area contributed by atoms with Gasteiger partial charge < -0.3 is 15.1 Å². The fourth-order valence-corrected chi connectivity index (χ4v) is 1.37. The Balaban J connectivity index is 2.42. The Labute approximate surface area is 91.2 Å². The highest BCUT2D eigenvalue weighted by Crippen LogP contribution is 2.22. The molecular weight excluding hydrogens is 212 g/mol. The third-order valence-electron chi connectivity index (χ3n) is 2.21. The van der Waals surface area contributed by atoms with Crippen LogP contribution in [0.15, 0.2) is 28.9 Å². The lowest BCUT2D eigenvalue weighted by molar-refractivity contribution is -0.809. The molecule has 0 aliphatic carbocycles. The summed E-state index contributed by atoms with van der Waals surface area (Å²) in [5, 5.41) is 23.7. The van der Waals surface area contributed by atoms with Crippen LogP contribution in [0.5, 0.6) is 5.75 Å². The molecule has 2 aromatic rings. The zero-order chi connectivity index (χ0) is 11.5. The van der Waals surface area contributed by atoms with Gasteiger partial charge in [-0.25, -0.2) is 0 Å². The molecule has 0 aliphatic heterocycles. The molecule has 0 spiro atoms. The van der Waals surface area contributed by atoms with Crippen molar-refractivity contribution in [3.63, 3.8) is 0 Å². The highest BCUT2D eigenvalue weighted by Gasteiger charge is 2.19. The largest absolute Gasteiger partial charge is 0.497 e. The summed E-state index contributed by atoms with van der Waals surface area (Å²) in [5.41, 5.74) is 1.11. The minimum Gasteiger partial charge on any atom is -0.497 e. The van der Waals surface area contributed by atoms with E-state index in [1.165, 1.54) is 0 Å². The Bertz CT molecular complexity index is 478. The number of rotatable bonds is 3. The first-order chi connectivity index (χ1) is 7.76. The van der Waals surface area contributed by atoms with Gasteiger partial charge in [-0.05, 0) is 29.2 Å². The van der Waals surface area contributed by atoms with Gasteiger partial charge in [0.25, 0.3) is 5.69 Å². The average Bonchev–Trinajstić information content (AvgIpc) is 2.70. The monoisotopic (exact) mass is 222 g/mol. The molecule has 0 amide bonds. The Hall–Kier alpha value is -2.08. The van der Waals surface area contributed by atoms with Crippen LogP contribution in [0.3, 0.4) is 0 Å². The van der Waals surface area contributed by atoms with Gasteiger partial charge in [-0.2, -0.15) is 0 Å².